The second kappa shape index (κ2) is 7.26. The summed E-state index contributed by atoms with van der Waals surface area (Å²) in [5.74, 6) is -3.87. The number of carbonyl (C=O) groups excluding carboxylic acids is 2. The molecule has 10 heteroatoms. The van der Waals surface area contributed by atoms with Crippen LogP contribution in [-0.4, -0.2) is 66.6 Å². The lowest BCUT2D eigenvalue weighted by Crippen LogP contribution is -2.71. The predicted molar refractivity (Wildman–Crippen MR) is 114 cm³/mol. The summed E-state index contributed by atoms with van der Waals surface area (Å²) >= 11 is 0. The van der Waals surface area contributed by atoms with Gasteiger partial charge in [0.2, 0.25) is 0 Å². The molecular weight excluding hydrogens is 458 g/mol. The molecule has 0 bridgehead atoms. The molecule has 0 amide bonds. The van der Waals surface area contributed by atoms with Crippen molar-refractivity contribution in [2.45, 2.75) is 63.6 Å². The second-order valence-electron chi connectivity index (χ2n) is 10.6. The molecule has 4 aliphatic rings. The molecule has 9 atom stereocenters. The highest BCUT2D eigenvalue weighted by atomic mass is 32.2. The van der Waals surface area contributed by atoms with Crippen molar-refractivity contribution >= 4 is 21.7 Å². The van der Waals surface area contributed by atoms with Crippen LogP contribution in [0.15, 0.2) is 23.8 Å². The summed E-state index contributed by atoms with van der Waals surface area (Å²) in [6.45, 7) is 3.62. The molecule has 0 aromatic rings. The lowest BCUT2D eigenvalue weighted by atomic mass is 9.44. The van der Waals surface area contributed by atoms with Crippen molar-refractivity contribution in [3.63, 3.8) is 0 Å². The van der Waals surface area contributed by atoms with Crippen LogP contribution in [0, 0.1) is 28.6 Å². The number of halogens is 2. The fraction of sp³-hybridized carbons (Fsp3) is 0.739. The Morgan fingerprint density at radius 3 is 2.48 bits per heavy atom. The number of alkyl halides is 2. The largest absolute Gasteiger partial charge is 0.390 e. The maximum atomic E-state index is 17.1. The van der Waals surface area contributed by atoms with Gasteiger partial charge in [-0.25, -0.2) is 8.78 Å². The van der Waals surface area contributed by atoms with Crippen molar-refractivity contribution in [2.24, 2.45) is 28.6 Å². The smallest absolute Gasteiger partial charge is 0.265 e. The van der Waals surface area contributed by atoms with Crippen molar-refractivity contribution in [2.75, 3.05) is 12.9 Å². The number of aliphatic hydroxyl groups is 2. The molecule has 2 N–H and O–H groups in total. The molecule has 4 aliphatic carbocycles. The van der Waals surface area contributed by atoms with Crippen LogP contribution in [0.25, 0.3) is 0 Å². The Morgan fingerprint density at radius 1 is 1.27 bits per heavy atom. The van der Waals surface area contributed by atoms with Gasteiger partial charge in [-0.15, -0.1) is 0 Å². The van der Waals surface area contributed by atoms with Gasteiger partial charge in [0, 0.05) is 16.7 Å². The predicted octanol–water partition coefficient (Wildman–Crippen LogP) is 1.83. The standard InChI is InChI=1S/C23H30F2O7S/c1-12-7-14-15-9-17(24)16-8-13(27)5-6-20(16,2)22(15,25)18(28)10-21(14,3)23(12,19(29)11-26)32-33(4,30)31/h5-6,8,12,14-15,17-18,26,28H,7,9-11H2,1-4H3/t12-,14+,15+,17+,18+,20+,21+,22+,23+/m1/s1. The van der Waals surface area contributed by atoms with Gasteiger partial charge in [-0.1, -0.05) is 19.9 Å². The molecule has 4 rings (SSSR count). The summed E-state index contributed by atoms with van der Waals surface area (Å²) in [4.78, 5) is 25.0. The summed E-state index contributed by atoms with van der Waals surface area (Å²) in [7, 11) is -4.19. The molecule has 0 aromatic carbocycles. The summed E-state index contributed by atoms with van der Waals surface area (Å²) in [5, 5.41) is 21.0. The van der Waals surface area contributed by atoms with Gasteiger partial charge < -0.3 is 10.2 Å². The average molecular weight is 489 g/mol. The molecule has 0 saturated heterocycles. The van der Waals surface area contributed by atoms with Gasteiger partial charge in [0.15, 0.2) is 22.8 Å². The van der Waals surface area contributed by atoms with E-state index in [1.165, 1.54) is 19.1 Å². The van der Waals surface area contributed by atoms with E-state index in [0.29, 0.717) is 0 Å². The van der Waals surface area contributed by atoms with Crippen molar-refractivity contribution in [1.82, 2.24) is 0 Å². The Labute approximate surface area is 192 Å². The monoisotopic (exact) mass is 488 g/mol. The van der Waals surface area contributed by atoms with Gasteiger partial charge >= 0.3 is 0 Å². The molecule has 0 radical (unpaired) electrons. The highest BCUT2D eigenvalue weighted by Crippen LogP contribution is 2.71. The number of carbonyl (C=O) groups is 2. The Hall–Kier alpha value is -1.49. The zero-order valence-corrected chi connectivity index (χ0v) is 19.9. The third-order valence-electron chi connectivity index (χ3n) is 9.01. The summed E-state index contributed by atoms with van der Waals surface area (Å²) in [6.07, 6.45) is 0.489. The molecular formula is C23H30F2O7S. The van der Waals surface area contributed by atoms with Crippen LogP contribution in [0.1, 0.15) is 40.0 Å². The molecule has 7 nitrogen and oxygen atoms in total. The number of aliphatic hydroxyl groups excluding tert-OH is 2. The van der Waals surface area contributed by atoms with Crippen molar-refractivity contribution in [1.29, 1.82) is 0 Å². The Kier molecular flexibility index (Phi) is 5.42. The second-order valence-corrected chi connectivity index (χ2v) is 12.2. The first-order valence-electron chi connectivity index (χ1n) is 11.1. The molecule has 33 heavy (non-hydrogen) atoms. The van der Waals surface area contributed by atoms with Crippen LogP contribution in [0.5, 0.6) is 0 Å². The quantitative estimate of drug-likeness (QED) is 0.580. The average Bonchev–Trinajstić information content (AvgIpc) is 2.92. The first-order valence-corrected chi connectivity index (χ1v) is 12.9. The first-order chi connectivity index (χ1) is 15.1. The molecule has 0 spiro atoms. The molecule has 3 saturated carbocycles. The Balaban J connectivity index is 1.91. The van der Waals surface area contributed by atoms with E-state index in [4.69, 9.17) is 4.18 Å². The lowest BCUT2D eigenvalue weighted by Gasteiger charge is -2.63. The van der Waals surface area contributed by atoms with Gasteiger partial charge in [0.25, 0.3) is 10.1 Å². The number of fused-ring (bicyclic) bond motifs is 5. The summed E-state index contributed by atoms with van der Waals surface area (Å²) < 4.78 is 62.4. The number of hydrogen-bond acceptors (Lipinski definition) is 7. The van der Waals surface area contributed by atoms with Crippen molar-refractivity contribution in [3.05, 3.63) is 23.8 Å². The number of hydrogen-bond donors (Lipinski definition) is 2. The highest BCUT2D eigenvalue weighted by Gasteiger charge is 2.77. The number of rotatable bonds is 4. The topological polar surface area (TPSA) is 118 Å². The summed E-state index contributed by atoms with van der Waals surface area (Å²) in [5.41, 5.74) is -7.37. The maximum absolute atomic E-state index is 17.1. The van der Waals surface area contributed by atoms with Crippen LogP contribution in [-0.2, 0) is 23.9 Å². The molecule has 0 aromatic heterocycles. The third-order valence-corrected chi connectivity index (χ3v) is 9.57. The van der Waals surface area contributed by atoms with Gasteiger partial charge in [0.1, 0.15) is 12.8 Å². The maximum Gasteiger partial charge on any atom is 0.265 e. The van der Waals surface area contributed by atoms with Crippen LogP contribution in [0.3, 0.4) is 0 Å². The van der Waals surface area contributed by atoms with Gasteiger partial charge in [-0.2, -0.15) is 8.42 Å². The van der Waals surface area contributed by atoms with Crippen molar-refractivity contribution < 1.29 is 41.2 Å². The van der Waals surface area contributed by atoms with Crippen LogP contribution in [0.4, 0.5) is 8.78 Å². The minimum atomic E-state index is -4.19. The van der Waals surface area contributed by atoms with Crippen LogP contribution >= 0.6 is 0 Å². The first kappa shape index (κ1) is 24.6. The lowest BCUT2D eigenvalue weighted by molar-refractivity contribution is -0.219. The van der Waals surface area contributed by atoms with Crippen molar-refractivity contribution in [3.8, 4) is 0 Å². The number of allylic oxidation sites excluding steroid dienone is 4. The summed E-state index contributed by atoms with van der Waals surface area (Å²) in [6, 6.07) is 0. The van der Waals surface area contributed by atoms with E-state index in [1.54, 1.807) is 13.8 Å². The van der Waals surface area contributed by atoms with E-state index in [2.05, 4.69) is 0 Å². The fourth-order valence-corrected chi connectivity index (χ4v) is 8.62. The van der Waals surface area contributed by atoms with Crippen LogP contribution in [0.2, 0.25) is 0 Å². The Bertz CT molecular complexity index is 1070. The minimum absolute atomic E-state index is 0.0208. The van der Waals surface area contributed by atoms with E-state index < -0.39 is 80.4 Å². The van der Waals surface area contributed by atoms with Gasteiger partial charge in [0.05, 0.1) is 12.4 Å². The van der Waals surface area contributed by atoms with Crippen LogP contribution < -0.4 is 0 Å². The minimum Gasteiger partial charge on any atom is -0.390 e. The number of Topliss-reactive ketones (excluding diaryl/α,β-unsaturated/α-hetero) is 1. The zero-order chi connectivity index (χ0) is 24.8. The normalized spacial score (nSPS) is 49.2. The Morgan fingerprint density at radius 2 is 1.91 bits per heavy atom. The zero-order valence-electron chi connectivity index (χ0n) is 19.0. The SMILES string of the molecule is C[C@@H]1C[C@H]2[C@@H]3C[C@H](F)C4=CC(=O)C=C[C@]4(C)[C@@]3(F)[C@@H](O)C[C@]2(C)[C@@]1(OS(C)(=O)=O)C(=O)CO. The van der Waals surface area contributed by atoms with Gasteiger partial charge in [-0.3, -0.25) is 13.8 Å². The fourth-order valence-electron chi connectivity index (χ4n) is 7.70. The molecule has 0 unspecified atom stereocenters. The van der Waals surface area contributed by atoms with E-state index >= 15 is 8.78 Å². The van der Waals surface area contributed by atoms with E-state index in [0.717, 1.165) is 12.3 Å². The molecule has 0 heterocycles. The van der Waals surface area contributed by atoms with Gasteiger partial charge in [-0.05, 0) is 55.7 Å². The highest BCUT2D eigenvalue weighted by molar-refractivity contribution is 7.86. The third kappa shape index (κ3) is 2.96. The van der Waals surface area contributed by atoms with E-state index in [9.17, 15) is 28.2 Å². The van der Waals surface area contributed by atoms with E-state index in [1.807, 2.05) is 0 Å². The van der Waals surface area contributed by atoms with E-state index in [-0.39, 0.29) is 24.8 Å². The molecule has 3 fully saturated rings. The number of ketones is 2. The molecule has 184 valence electrons. The molecule has 0 aliphatic heterocycles.